The molecule has 0 spiro atoms. The molecule has 0 unspecified atom stereocenters. The lowest BCUT2D eigenvalue weighted by Gasteiger charge is -1.97. The van der Waals surface area contributed by atoms with E-state index < -0.39 is 12.1 Å². The van der Waals surface area contributed by atoms with Crippen molar-refractivity contribution >= 4 is 5.97 Å². The molecule has 1 atom stereocenters. The molecule has 0 rings (SSSR count). The van der Waals surface area contributed by atoms with Crippen LogP contribution >= 0.6 is 0 Å². The van der Waals surface area contributed by atoms with Crippen LogP contribution in [0.5, 0.6) is 0 Å². The van der Waals surface area contributed by atoms with Gasteiger partial charge in [-0.2, -0.15) is 0 Å². The van der Waals surface area contributed by atoms with E-state index in [2.05, 4.69) is 11.3 Å². The lowest BCUT2D eigenvalue weighted by molar-refractivity contribution is -0.134. The Bertz CT molecular complexity index is 161. The zero-order chi connectivity index (χ0) is 8.69. The Morgan fingerprint density at radius 1 is 1.82 bits per heavy atom. The summed E-state index contributed by atoms with van der Waals surface area (Å²) in [6.07, 6.45) is 4.02. The Hall–Kier alpha value is -1.09. The van der Waals surface area contributed by atoms with Crippen molar-refractivity contribution in [2.45, 2.75) is 12.5 Å². The summed E-state index contributed by atoms with van der Waals surface area (Å²) in [7, 11) is 1.30. The minimum absolute atomic E-state index is 0.387. The minimum atomic E-state index is -0.587. The largest absolute Gasteiger partial charge is 0.466 e. The second-order valence-corrected chi connectivity index (χ2v) is 1.96. The summed E-state index contributed by atoms with van der Waals surface area (Å²) >= 11 is 0. The Labute approximate surface area is 66.0 Å². The maximum atomic E-state index is 10.5. The van der Waals surface area contributed by atoms with Gasteiger partial charge in [-0.15, -0.1) is 6.58 Å². The van der Waals surface area contributed by atoms with Crippen LogP contribution < -0.4 is 0 Å². The molecule has 3 heteroatoms. The van der Waals surface area contributed by atoms with Gasteiger partial charge in [-0.1, -0.05) is 12.2 Å². The molecule has 0 aromatic rings. The fourth-order valence-corrected chi connectivity index (χ4v) is 0.468. The molecule has 0 amide bonds. The summed E-state index contributed by atoms with van der Waals surface area (Å²) < 4.78 is 4.33. The number of hydrogen-bond donors (Lipinski definition) is 1. The first kappa shape index (κ1) is 9.91. The van der Waals surface area contributed by atoms with Gasteiger partial charge in [0.15, 0.2) is 0 Å². The third kappa shape index (κ3) is 5.36. The van der Waals surface area contributed by atoms with Crippen molar-refractivity contribution in [3.63, 3.8) is 0 Å². The van der Waals surface area contributed by atoms with Gasteiger partial charge in [0.05, 0.1) is 13.2 Å². The van der Waals surface area contributed by atoms with Crippen LogP contribution in [-0.2, 0) is 9.53 Å². The molecule has 0 aliphatic carbocycles. The number of aliphatic hydroxyl groups excluding tert-OH is 1. The summed E-state index contributed by atoms with van der Waals surface area (Å²) in [5, 5.41) is 8.92. The van der Waals surface area contributed by atoms with Crippen molar-refractivity contribution in [2.75, 3.05) is 7.11 Å². The second kappa shape index (κ2) is 5.68. The molecule has 3 nitrogen and oxygen atoms in total. The number of rotatable bonds is 4. The molecule has 11 heavy (non-hydrogen) atoms. The van der Waals surface area contributed by atoms with Gasteiger partial charge in [0.1, 0.15) is 0 Å². The molecule has 0 aliphatic rings. The quantitative estimate of drug-likeness (QED) is 0.369. The van der Waals surface area contributed by atoms with Gasteiger partial charge in [-0.25, -0.2) is 4.79 Å². The summed E-state index contributed by atoms with van der Waals surface area (Å²) in [6, 6.07) is 0. The van der Waals surface area contributed by atoms with Crippen molar-refractivity contribution < 1.29 is 14.6 Å². The fraction of sp³-hybridized carbons (Fsp3) is 0.375. The number of methoxy groups -OCH3 is 1. The lowest BCUT2D eigenvalue weighted by Crippen LogP contribution is -1.99. The van der Waals surface area contributed by atoms with Gasteiger partial charge < -0.3 is 9.84 Å². The molecule has 0 aliphatic heterocycles. The van der Waals surface area contributed by atoms with Crippen LogP contribution in [0.2, 0.25) is 0 Å². The Kier molecular flexibility index (Phi) is 5.11. The average molecular weight is 156 g/mol. The van der Waals surface area contributed by atoms with E-state index in [0.717, 1.165) is 0 Å². The van der Waals surface area contributed by atoms with E-state index in [1.807, 2.05) is 0 Å². The standard InChI is InChI=1S/C8H12O3/c1-3-7(9)5-4-6-8(10)11-2/h3-4,6-7,9H,1,5H2,2H3/b6-4+/t7-/m1/s1. The first-order chi connectivity index (χ1) is 5.20. The van der Waals surface area contributed by atoms with E-state index in [1.54, 1.807) is 0 Å². The van der Waals surface area contributed by atoms with Crippen LogP contribution in [0.15, 0.2) is 24.8 Å². The van der Waals surface area contributed by atoms with Crippen LogP contribution in [0.4, 0.5) is 0 Å². The van der Waals surface area contributed by atoms with Gasteiger partial charge in [0.2, 0.25) is 0 Å². The highest BCUT2D eigenvalue weighted by Gasteiger charge is 1.94. The van der Waals surface area contributed by atoms with Gasteiger partial charge in [-0.05, 0) is 6.42 Å². The number of carbonyl (C=O) groups is 1. The van der Waals surface area contributed by atoms with Gasteiger partial charge >= 0.3 is 5.97 Å². The molecule has 0 fully saturated rings. The van der Waals surface area contributed by atoms with Gasteiger partial charge in [0.25, 0.3) is 0 Å². The Morgan fingerprint density at radius 2 is 2.45 bits per heavy atom. The third-order valence-electron chi connectivity index (χ3n) is 1.10. The van der Waals surface area contributed by atoms with Crippen LogP contribution in [-0.4, -0.2) is 24.3 Å². The van der Waals surface area contributed by atoms with Crippen LogP contribution in [0.3, 0.4) is 0 Å². The van der Waals surface area contributed by atoms with Crippen molar-refractivity contribution in [1.82, 2.24) is 0 Å². The maximum absolute atomic E-state index is 10.5. The van der Waals surface area contributed by atoms with Crippen LogP contribution in [0.25, 0.3) is 0 Å². The molecule has 0 saturated heterocycles. The van der Waals surface area contributed by atoms with E-state index in [4.69, 9.17) is 5.11 Å². The van der Waals surface area contributed by atoms with E-state index in [0.29, 0.717) is 6.42 Å². The van der Waals surface area contributed by atoms with Crippen LogP contribution in [0.1, 0.15) is 6.42 Å². The number of hydrogen-bond acceptors (Lipinski definition) is 3. The number of carbonyl (C=O) groups excluding carboxylic acids is 1. The zero-order valence-corrected chi connectivity index (χ0v) is 6.49. The predicted molar refractivity (Wildman–Crippen MR) is 42.0 cm³/mol. The molecule has 0 aromatic heterocycles. The third-order valence-corrected chi connectivity index (χ3v) is 1.10. The van der Waals surface area contributed by atoms with E-state index >= 15 is 0 Å². The first-order valence-corrected chi connectivity index (χ1v) is 3.25. The smallest absolute Gasteiger partial charge is 0.330 e. The summed E-state index contributed by atoms with van der Waals surface area (Å²) in [6.45, 7) is 3.38. The first-order valence-electron chi connectivity index (χ1n) is 3.25. The van der Waals surface area contributed by atoms with Gasteiger partial charge in [0, 0.05) is 6.08 Å². The number of ether oxygens (including phenoxy) is 1. The second-order valence-electron chi connectivity index (χ2n) is 1.96. The lowest BCUT2D eigenvalue weighted by atomic mass is 10.2. The molecule has 0 bridgehead atoms. The van der Waals surface area contributed by atoms with E-state index in [9.17, 15) is 4.79 Å². The van der Waals surface area contributed by atoms with Crippen molar-refractivity contribution in [1.29, 1.82) is 0 Å². The molecule has 62 valence electrons. The maximum Gasteiger partial charge on any atom is 0.330 e. The van der Waals surface area contributed by atoms with Gasteiger partial charge in [-0.3, -0.25) is 0 Å². The molecule has 0 saturated carbocycles. The highest BCUT2D eigenvalue weighted by molar-refractivity contribution is 5.81. The van der Waals surface area contributed by atoms with E-state index in [1.165, 1.54) is 25.3 Å². The fourth-order valence-electron chi connectivity index (χ4n) is 0.468. The predicted octanol–water partition coefficient (Wildman–Crippen LogP) is 0.653. The topological polar surface area (TPSA) is 46.5 Å². The van der Waals surface area contributed by atoms with Crippen molar-refractivity contribution in [3.05, 3.63) is 24.8 Å². The molecular weight excluding hydrogens is 144 g/mol. The Balaban J connectivity index is 3.59. The summed E-state index contributed by atoms with van der Waals surface area (Å²) in [5.74, 6) is -0.415. The average Bonchev–Trinajstić information content (AvgIpc) is 2.04. The normalized spacial score (nSPS) is 12.9. The highest BCUT2D eigenvalue weighted by Crippen LogP contribution is 1.93. The monoisotopic (exact) mass is 156 g/mol. The van der Waals surface area contributed by atoms with Crippen molar-refractivity contribution in [2.24, 2.45) is 0 Å². The summed E-state index contributed by atoms with van der Waals surface area (Å²) in [5.41, 5.74) is 0. The Morgan fingerprint density at radius 3 is 2.91 bits per heavy atom. The molecule has 0 radical (unpaired) electrons. The molecule has 0 heterocycles. The number of aliphatic hydroxyl groups is 1. The highest BCUT2D eigenvalue weighted by atomic mass is 16.5. The number of esters is 1. The van der Waals surface area contributed by atoms with Crippen LogP contribution in [0, 0.1) is 0 Å². The molecule has 1 N–H and O–H groups in total. The molecular formula is C8H12O3. The van der Waals surface area contributed by atoms with E-state index in [-0.39, 0.29) is 0 Å². The minimum Gasteiger partial charge on any atom is -0.466 e. The zero-order valence-electron chi connectivity index (χ0n) is 6.49. The SMILES string of the molecule is C=C[C@@H](O)C/C=C/C(=O)OC. The molecule has 0 aromatic carbocycles. The summed E-state index contributed by atoms with van der Waals surface area (Å²) in [4.78, 5) is 10.5. The van der Waals surface area contributed by atoms with Crippen molar-refractivity contribution in [3.8, 4) is 0 Å².